The predicted molar refractivity (Wildman–Crippen MR) is 70.7 cm³/mol. The Labute approximate surface area is 106 Å². The molecule has 0 amide bonds. The normalized spacial score (nSPS) is 11.1. The molecule has 2 aromatic rings. The van der Waals surface area contributed by atoms with Crippen LogP contribution in [0.5, 0.6) is 0 Å². The predicted octanol–water partition coefficient (Wildman–Crippen LogP) is 4.91. The molecule has 0 bridgehead atoms. The SMILES string of the molecule is Clc1ccc(C=Nc2cccc(Br)c2)s1. The van der Waals surface area contributed by atoms with E-state index in [2.05, 4.69) is 20.9 Å². The molecule has 76 valence electrons. The molecule has 0 atom stereocenters. The molecule has 0 aliphatic rings. The lowest BCUT2D eigenvalue weighted by molar-refractivity contribution is 1.52. The fourth-order valence-corrected chi connectivity index (χ4v) is 2.41. The van der Waals surface area contributed by atoms with Gasteiger partial charge in [-0.3, -0.25) is 4.99 Å². The highest BCUT2D eigenvalue weighted by Crippen LogP contribution is 2.22. The summed E-state index contributed by atoms with van der Waals surface area (Å²) in [6.45, 7) is 0. The molecule has 1 nitrogen and oxygen atoms in total. The summed E-state index contributed by atoms with van der Waals surface area (Å²) in [5, 5.41) is 0. The molecule has 0 saturated heterocycles. The van der Waals surface area contributed by atoms with Gasteiger partial charge < -0.3 is 0 Å². The van der Waals surface area contributed by atoms with Gasteiger partial charge in [-0.25, -0.2) is 0 Å². The van der Waals surface area contributed by atoms with Crippen molar-refractivity contribution in [1.29, 1.82) is 0 Å². The third kappa shape index (κ3) is 3.16. The van der Waals surface area contributed by atoms with Crippen molar-refractivity contribution >= 4 is 50.8 Å². The van der Waals surface area contributed by atoms with E-state index in [0.29, 0.717) is 0 Å². The van der Waals surface area contributed by atoms with Gasteiger partial charge in [0.15, 0.2) is 0 Å². The van der Waals surface area contributed by atoms with Crippen LogP contribution in [0, 0.1) is 0 Å². The second kappa shape index (κ2) is 4.92. The number of nitrogens with zero attached hydrogens (tertiary/aromatic N) is 1. The monoisotopic (exact) mass is 299 g/mol. The molecule has 0 aliphatic carbocycles. The Morgan fingerprint density at radius 1 is 1.27 bits per heavy atom. The fraction of sp³-hybridized carbons (Fsp3) is 0. The van der Waals surface area contributed by atoms with Crippen molar-refractivity contribution in [2.45, 2.75) is 0 Å². The first kappa shape index (κ1) is 10.9. The van der Waals surface area contributed by atoms with Gasteiger partial charge in [0, 0.05) is 15.6 Å². The summed E-state index contributed by atoms with van der Waals surface area (Å²) in [5.74, 6) is 0. The molecule has 2 rings (SSSR count). The highest BCUT2D eigenvalue weighted by Gasteiger charge is 1.94. The molecule has 0 N–H and O–H groups in total. The van der Waals surface area contributed by atoms with Crippen LogP contribution in [-0.4, -0.2) is 6.21 Å². The zero-order valence-corrected chi connectivity index (χ0v) is 10.8. The van der Waals surface area contributed by atoms with Crippen LogP contribution in [0.1, 0.15) is 4.88 Å². The van der Waals surface area contributed by atoms with Gasteiger partial charge in [-0.1, -0.05) is 33.6 Å². The Hall–Kier alpha value is -0.640. The van der Waals surface area contributed by atoms with E-state index in [1.54, 1.807) is 0 Å². The van der Waals surface area contributed by atoms with Crippen molar-refractivity contribution in [3.8, 4) is 0 Å². The lowest BCUT2D eigenvalue weighted by atomic mass is 10.3. The number of thiophene rings is 1. The molecule has 0 saturated carbocycles. The van der Waals surface area contributed by atoms with Gasteiger partial charge in [0.2, 0.25) is 0 Å². The number of benzene rings is 1. The van der Waals surface area contributed by atoms with Crippen molar-refractivity contribution in [2.75, 3.05) is 0 Å². The maximum absolute atomic E-state index is 5.82. The lowest BCUT2D eigenvalue weighted by Crippen LogP contribution is -1.71. The fourth-order valence-electron chi connectivity index (χ4n) is 1.09. The zero-order valence-electron chi connectivity index (χ0n) is 7.65. The number of hydrogen-bond acceptors (Lipinski definition) is 2. The van der Waals surface area contributed by atoms with E-state index in [0.717, 1.165) is 19.4 Å². The highest BCUT2D eigenvalue weighted by atomic mass is 79.9. The quantitative estimate of drug-likeness (QED) is 0.698. The molecule has 1 aromatic carbocycles. The largest absolute Gasteiger partial charge is 0.255 e. The van der Waals surface area contributed by atoms with Crippen LogP contribution in [0.4, 0.5) is 5.69 Å². The maximum Gasteiger partial charge on any atom is 0.0935 e. The zero-order chi connectivity index (χ0) is 10.7. The third-order valence-corrected chi connectivity index (χ3v) is 3.40. The molecule has 15 heavy (non-hydrogen) atoms. The summed E-state index contributed by atoms with van der Waals surface area (Å²) >= 11 is 10.7. The van der Waals surface area contributed by atoms with Crippen molar-refractivity contribution < 1.29 is 0 Å². The van der Waals surface area contributed by atoms with Gasteiger partial charge in [-0.15, -0.1) is 11.3 Å². The average molecular weight is 301 g/mol. The summed E-state index contributed by atoms with van der Waals surface area (Å²) in [5.41, 5.74) is 0.925. The number of rotatable bonds is 2. The maximum atomic E-state index is 5.82. The molecule has 4 heteroatoms. The second-order valence-corrected chi connectivity index (χ2v) is 5.54. The van der Waals surface area contributed by atoms with E-state index >= 15 is 0 Å². The Balaban J connectivity index is 2.18. The molecule has 1 aromatic heterocycles. The lowest BCUT2D eigenvalue weighted by Gasteiger charge is -1.92. The molecular weight excluding hydrogens is 294 g/mol. The smallest absolute Gasteiger partial charge is 0.0935 e. The van der Waals surface area contributed by atoms with Crippen LogP contribution in [0.2, 0.25) is 4.34 Å². The third-order valence-electron chi connectivity index (χ3n) is 1.74. The first-order valence-electron chi connectivity index (χ1n) is 4.29. The Morgan fingerprint density at radius 3 is 2.80 bits per heavy atom. The van der Waals surface area contributed by atoms with E-state index in [4.69, 9.17) is 11.6 Å². The summed E-state index contributed by atoms with van der Waals surface area (Å²) in [6, 6.07) is 11.7. The molecule has 0 spiro atoms. The number of aliphatic imine (C=N–C) groups is 1. The molecular formula is C11H7BrClNS. The van der Waals surface area contributed by atoms with Gasteiger partial charge in [0.25, 0.3) is 0 Å². The second-order valence-electron chi connectivity index (χ2n) is 2.88. The molecule has 0 fully saturated rings. The van der Waals surface area contributed by atoms with Gasteiger partial charge >= 0.3 is 0 Å². The van der Waals surface area contributed by atoms with Crippen molar-refractivity contribution in [2.24, 2.45) is 4.99 Å². The summed E-state index contributed by atoms with van der Waals surface area (Å²) in [6.07, 6.45) is 1.82. The average Bonchev–Trinajstić information content (AvgIpc) is 2.62. The summed E-state index contributed by atoms with van der Waals surface area (Å²) < 4.78 is 1.81. The van der Waals surface area contributed by atoms with Crippen molar-refractivity contribution in [3.05, 3.63) is 50.1 Å². The first-order chi connectivity index (χ1) is 7.24. The first-order valence-corrected chi connectivity index (χ1v) is 6.28. The van der Waals surface area contributed by atoms with Gasteiger partial charge in [-0.05, 0) is 30.3 Å². The highest BCUT2D eigenvalue weighted by molar-refractivity contribution is 9.10. The van der Waals surface area contributed by atoms with Crippen LogP contribution < -0.4 is 0 Å². The van der Waals surface area contributed by atoms with E-state index < -0.39 is 0 Å². The van der Waals surface area contributed by atoms with E-state index in [1.807, 2.05) is 42.6 Å². The Morgan fingerprint density at radius 2 is 2.13 bits per heavy atom. The van der Waals surface area contributed by atoms with Gasteiger partial charge in [-0.2, -0.15) is 0 Å². The minimum Gasteiger partial charge on any atom is -0.255 e. The number of halogens is 2. The molecule has 0 unspecified atom stereocenters. The van der Waals surface area contributed by atoms with Crippen LogP contribution in [-0.2, 0) is 0 Å². The minimum absolute atomic E-state index is 0.783. The Bertz CT molecular complexity index is 493. The van der Waals surface area contributed by atoms with Crippen LogP contribution in [0.3, 0.4) is 0 Å². The van der Waals surface area contributed by atoms with Crippen LogP contribution in [0.15, 0.2) is 45.9 Å². The molecule has 0 aliphatic heterocycles. The van der Waals surface area contributed by atoms with Crippen LogP contribution >= 0.6 is 38.9 Å². The molecule has 0 radical (unpaired) electrons. The van der Waals surface area contributed by atoms with Crippen molar-refractivity contribution in [1.82, 2.24) is 0 Å². The number of hydrogen-bond donors (Lipinski definition) is 0. The van der Waals surface area contributed by atoms with Crippen LogP contribution in [0.25, 0.3) is 0 Å². The minimum atomic E-state index is 0.783. The van der Waals surface area contributed by atoms with E-state index in [-0.39, 0.29) is 0 Å². The van der Waals surface area contributed by atoms with Crippen molar-refractivity contribution in [3.63, 3.8) is 0 Å². The molecule has 1 heterocycles. The summed E-state index contributed by atoms with van der Waals surface area (Å²) in [4.78, 5) is 5.40. The Kier molecular flexibility index (Phi) is 3.57. The summed E-state index contributed by atoms with van der Waals surface area (Å²) in [7, 11) is 0. The van der Waals surface area contributed by atoms with E-state index in [9.17, 15) is 0 Å². The van der Waals surface area contributed by atoms with Gasteiger partial charge in [0.1, 0.15) is 0 Å². The van der Waals surface area contributed by atoms with Gasteiger partial charge in [0.05, 0.1) is 10.0 Å². The topological polar surface area (TPSA) is 12.4 Å². The van der Waals surface area contributed by atoms with E-state index in [1.165, 1.54) is 11.3 Å². The standard InChI is InChI=1S/C11H7BrClNS/c12-8-2-1-3-9(6-8)14-7-10-4-5-11(13)15-10/h1-7H.